The van der Waals surface area contributed by atoms with E-state index < -0.39 is 0 Å². The Morgan fingerprint density at radius 3 is 2.56 bits per heavy atom. The van der Waals surface area contributed by atoms with E-state index in [1.807, 2.05) is 17.0 Å². The summed E-state index contributed by atoms with van der Waals surface area (Å²) in [5, 5.41) is 3.37. The molecule has 2 heterocycles. The van der Waals surface area contributed by atoms with E-state index in [2.05, 4.69) is 31.1 Å². The van der Waals surface area contributed by atoms with Crippen LogP contribution in [0.1, 0.15) is 12.5 Å². The van der Waals surface area contributed by atoms with Crippen LogP contribution in [0, 0.1) is 0 Å². The number of carbonyl (C=O) groups excluding carboxylic acids is 1. The summed E-state index contributed by atoms with van der Waals surface area (Å²) in [6.07, 6.45) is 0. The minimum Gasteiger partial charge on any atom is -0.454 e. The van der Waals surface area contributed by atoms with Crippen LogP contribution in [0.4, 0.5) is 0 Å². The average Bonchev–Trinajstić information content (AvgIpc) is 3.05. The third-order valence-electron chi connectivity index (χ3n) is 4.17. The second-order valence-electron chi connectivity index (χ2n) is 5.71. The molecule has 0 bridgehead atoms. The van der Waals surface area contributed by atoms with Gasteiger partial charge in [0.15, 0.2) is 17.5 Å². The summed E-state index contributed by atoms with van der Waals surface area (Å²) in [5.74, 6) is 2.48. The first-order valence-electron chi connectivity index (χ1n) is 7.87. The van der Waals surface area contributed by atoms with Gasteiger partial charge in [0.1, 0.15) is 0 Å². The number of rotatable bonds is 2. The van der Waals surface area contributed by atoms with Gasteiger partial charge in [-0.1, -0.05) is 0 Å². The van der Waals surface area contributed by atoms with Gasteiger partial charge in [-0.05, 0) is 33.6 Å². The molecule has 0 saturated carbocycles. The Morgan fingerprint density at radius 2 is 1.92 bits per heavy atom. The van der Waals surface area contributed by atoms with Crippen molar-refractivity contribution in [2.45, 2.75) is 13.5 Å². The number of guanidine groups is 1. The number of aliphatic imine (C=N–C) groups is 1. The van der Waals surface area contributed by atoms with Crippen LogP contribution in [0.15, 0.2) is 21.6 Å². The van der Waals surface area contributed by atoms with Crippen LogP contribution in [0.5, 0.6) is 11.5 Å². The van der Waals surface area contributed by atoms with E-state index in [9.17, 15) is 4.79 Å². The lowest BCUT2D eigenvalue weighted by Crippen LogP contribution is -2.53. The van der Waals surface area contributed by atoms with E-state index in [1.165, 1.54) is 0 Å². The predicted octanol–water partition coefficient (Wildman–Crippen LogP) is 2.04. The molecule has 0 aromatic heterocycles. The van der Waals surface area contributed by atoms with Crippen LogP contribution >= 0.6 is 39.9 Å². The Hall–Kier alpha value is -1.23. The number of benzene rings is 1. The van der Waals surface area contributed by atoms with Crippen molar-refractivity contribution in [2.75, 3.05) is 40.0 Å². The fourth-order valence-electron chi connectivity index (χ4n) is 2.87. The number of nitrogens with zero attached hydrogens (tertiary/aromatic N) is 3. The molecule has 0 spiro atoms. The maximum absolute atomic E-state index is 11.4. The van der Waals surface area contributed by atoms with Crippen LogP contribution in [0.25, 0.3) is 0 Å². The smallest absolute Gasteiger partial charge is 0.231 e. The highest BCUT2D eigenvalue weighted by Crippen LogP contribution is 2.39. The second kappa shape index (κ2) is 8.93. The zero-order valence-corrected chi connectivity index (χ0v) is 18.2. The van der Waals surface area contributed by atoms with Gasteiger partial charge in [-0.25, -0.2) is 0 Å². The van der Waals surface area contributed by atoms with Gasteiger partial charge >= 0.3 is 0 Å². The standard InChI is InChI=1S/C16H21BrN4O3.HI/c1-11(22)20-3-5-21(6-4-20)16(18-2)19-9-12-7-13(17)15-14(8-12)23-10-24-15;/h7-8H,3-6,9-10H2,1-2H3,(H,18,19);1H. The summed E-state index contributed by atoms with van der Waals surface area (Å²) in [7, 11) is 1.77. The van der Waals surface area contributed by atoms with Crippen molar-refractivity contribution in [1.29, 1.82) is 0 Å². The number of hydrogen-bond donors (Lipinski definition) is 1. The molecule has 7 nitrogen and oxygen atoms in total. The molecular formula is C16H22BrIN4O3. The summed E-state index contributed by atoms with van der Waals surface area (Å²) < 4.78 is 11.7. The highest BCUT2D eigenvalue weighted by molar-refractivity contribution is 14.0. The molecule has 9 heteroatoms. The zero-order valence-electron chi connectivity index (χ0n) is 14.2. The molecule has 1 saturated heterocycles. The van der Waals surface area contributed by atoms with Crippen molar-refractivity contribution >= 4 is 51.8 Å². The molecule has 1 N–H and O–H groups in total. The molecule has 138 valence electrons. The van der Waals surface area contributed by atoms with E-state index in [4.69, 9.17) is 9.47 Å². The number of nitrogens with one attached hydrogen (secondary N) is 1. The van der Waals surface area contributed by atoms with Crippen molar-refractivity contribution in [3.63, 3.8) is 0 Å². The molecule has 0 unspecified atom stereocenters. The van der Waals surface area contributed by atoms with Gasteiger partial charge in [-0.15, -0.1) is 24.0 Å². The Kier molecular flexibility index (Phi) is 7.17. The van der Waals surface area contributed by atoms with Crippen molar-refractivity contribution < 1.29 is 14.3 Å². The normalized spacial score (nSPS) is 16.5. The van der Waals surface area contributed by atoms with E-state index >= 15 is 0 Å². The monoisotopic (exact) mass is 524 g/mol. The molecule has 2 aliphatic rings. The van der Waals surface area contributed by atoms with E-state index in [0.29, 0.717) is 6.54 Å². The van der Waals surface area contributed by atoms with Crippen LogP contribution in [-0.2, 0) is 11.3 Å². The summed E-state index contributed by atoms with van der Waals surface area (Å²) in [6, 6.07) is 3.99. The largest absolute Gasteiger partial charge is 0.454 e. The Bertz CT molecular complexity index is 663. The molecule has 1 fully saturated rings. The quantitative estimate of drug-likeness (QED) is 0.364. The van der Waals surface area contributed by atoms with Crippen molar-refractivity contribution in [3.8, 4) is 11.5 Å². The number of piperazine rings is 1. The van der Waals surface area contributed by atoms with Crippen LogP contribution < -0.4 is 14.8 Å². The van der Waals surface area contributed by atoms with E-state index in [1.54, 1.807) is 14.0 Å². The molecule has 2 aliphatic heterocycles. The van der Waals surface area contributed by atoms with Crippen molar-refractivity contribution in [1.82, 2.24) is 15.1 Å². The zero-order chi connectivity index (χ0) is 17.1. The summed E-state index contributed by atoms with van der Waals surface area (Å²) >= 11 is 3.51. The number of carbonyl (C=O) groups is 1. The minimum absolute atomic E-state index is 0. The maximum atomic E-state index is 11.4. The molecule has 3 rings (SSSR count). The lowest BCUT2D eigenvalue weighted by atomic mass is 10.2. The summed E-state index contributed by atoms with van der Waals surface area (Å²) in [6.45, 7) is 5.52. The Morgan fingerprint density at radius 1 is 1.24 bits per heavy atom. The average molecular weight is 525 g/mol. The lowest BCUT2D eigenvalue weighted by Gasteiger charge is -2.36. The predicted molar refractivity (Wildman–Crippen MR) is 110 cm³/mol. The van der Waals surface area contributed by atoms with Gasteiger partial charge in [0.2, 0.25) is 12.7 Å². The lowest BCUT2D eigenvalue weighted by molar-refractivity contribution is -0.130. The molecular weight excluding hydrogens is 503 g/mol. The highest BCUT2D eigenvalue weighted by Gasteiger charge is 2.21. The SMILES string of the molecule is CN=C(NCc1cc(Br)c2c(c1)OCO2)N1CCN(C(C)=O)CC1.I. The number of fused-ring (bicyclic) bond motifs is 1. The van der Waals surface area contributed by atoms with Crippen molar-refractivity contribution in [2.24, 2.45) is 4.99 Å². The fraction of sp³-hybridized carbons (Fsp3) is 0.500. The number of amides is 1. The van der Waals surface area contributed by atoms with Crippen LogP contribution in [0.3, 0.4) is 0 Å². The Labute approximate surface area is 172 Å². The summed E-state index contributed by atoms with van der Waals surface area (Å²) in [4.78, 5) is 19.8. The molecule has 25 heavy (non-hydrogen) atoms. The molecule has 0 atom stereocenters. The summed E-state index contributed by atoms with van der Waals surface area (Å²) in [5.41, 5.74) is 1.08. The number of hydrogen-bond acceptors (Lipinski definition) is 4. The second-order valence-corrected chi connectivity index (χ2v) is 6.56. The highest BCUT2D eigenvalue weighted by atomic mass is 127. The first-order chi connectivity index (χ1) is 11.6. The molecule has 1 amide bonds. The maximum Gasteiger partial charge on any atom is 0.231 e. The third-order valence-corrected chi connectivity index (χ3v) is 4.76. The minimum atomic E-state index is 0. The first kappa shape index (κ1) is 20.1. The Balaban J connectivity index is 0.00000225. The van der Waals surface area contributed by atoms with Gasteiger partial charge in [0, 0.05) is 46.7 Å². The van der Waals surface area contributed by atoms with Crippen molar-refractivity contribution in [3.05, 3.63) is 22.2 Å². The molecule has 0 aliphatic carbocycles. The van der Waals surface area contributed by atoms with Gasteiger partial charge in [-0.3, -0.25) is 9.79 Å². The van der Waals surface area contributed by atoms with Gasteiger partial charge in [-0.2, -0.15) is 0 Å². The van der Waals surface area contributed by atoms with E-state index in [-0.39, 0.29) is 36.7 Å². The van der Waals surface area contributed by atoms with Crippen LogP contribution in [0.2, 0.25) is 0 Å². The topological polar surface area (TPSA) is 66.4 Å². The van der Waals surface area contributed by atoms with Gasteiger partial charge in [0.25, 0.3) is 0 Å². The third kappa shape index (κ3) is 4.69. The first-order valence-corrected chi connectivity index (χ1v) is 8.67. The van der Waals surface area contributed by atoms with E-state index in [0.717, 1.165) is 53.7 Å². The fourth-order valence-corrected chi connectivity index (χ4v) is 3.47. The van der Waals surface area contributed by atoms with Gasteiger partial charge < -0.3 is 24.6 Å². The molecule has 1 aromatic rings. The molecule has 1 aromatic carbocycles. The molecule has 0 radical (unpaired) electrons. The number of ether oxygens (including phenoxy) is 2. The van der Waals surface area contributed by atoms with Crippen LogP contribution in [-0.4, -0.2) is 61.7 Å². The number of halogens is 2. The van der Waals surface area contributed by atoms with Gasteiger partial charge in [0.05, 0.1) is 4.47 Å².